The van der Waals surface area contributed by atoms with E-state index in [1.807, 2.05) is 12.1 Å². The van der Waals surface area contributed by atoms with Gasteiger partial charge in [0, 0.05) is 41.6 Å². The molecule has 1 amide bonds. The number of aliphatic imine (C=N–C) groups is 1. The lowest BCUT2D eigenvalue weighted by molar-refractivity contribution is 0.102. The third kappa shape index (κ3) is 3.18. The summed E-state index contributed by atoms with van der Waals surface area (Å²) < 4.78 is 16.0. The van der Waals surface area contributed by atoms with Crippen molar-refractivity contribution >= 4 is 23.0 Å². The lowest BCUT2D eigenvalue weighted by Gasteiger charge is -2.21. The van der Waals surface area contributed by atoms with E-state index in [0.29, 0.717) is 34.4 Å². The summed E-state index contributed by atoms with van der Waals surface area (Å²) in [5.74, 6) is 1.57. The van der Waals surface area contributed by atoms with Gasteiger partial charge in [-0.3, -0.25) is 9.79 Å². The summed E-state index contributed by atoms with van der Waals surface area (Å²) in [6.07, 6.45) is 1.00. The van der Waals surface area contributed by atoms with Crippen molar-refractivity contribution in [1.29, 1.82) is 0 Å². The molecule has 2 aromatic carbocycles. The molecule has 0 radical (unpaired) electrons. The minimum absolute atomic E-state index is 0.195. The van der Waals surface area contributed by atoms with Crippen LogP contribution < -0.4 is 24.8 Å². The molecule has 0 aliphatic carbocycles. The van der Waals surface area contributed by atoms with Crippen LogP contribution in [0.2, 0.25) is 0 Å². The van der Waals surface area contributed by atoms with Gasteiger partial charge in [-0.25, -0.2) is 0 Å². The highest BCUT2D eigenvalue weighted by molar-refractivity contribution is 6.06. The van der Waals surface area contributed by atoms with Gasteiger partial charge in [-0.15, -0.1) is 0 Å². The van der Waals surface area contributed by atoms with Crippen molar-refractivity contribution in [2.45, 2.75) is 12.3 Å². The van der Waals surface area contributed by atoms with Crippen molar-refractivity contribution < 1.29 is 19.0 Å². The smallest absolute Gasteiger partial charge is 0.255 e. The standard InChI is InChI=1S/C21H23N3O4/c1-26-18-9-13(10-19(27-2)20(18)28-3)23-21(25)12-4-5-16-15(8-12)14-6-7-22-11-17(14)24-16/h4-5,8-10,14,22H,6-7,11H2,1-3H3,(H,23,25). The maximum absolute atomic E-state index is 12.9. The largest absolute Gasteiger partial charge is 0.493 e. The molecule has 0 spiro atoms. The fourth-order valence-corrected chi connectivity index (χ4v) is 3.79. The van der Waals surface area contributed by atoms with E-state index >= 15 is 0 Å². The van der Waals surface area contributed by atoms with Crippen LogP contribution in [0, 0.1) is 0 Å². The fraction of sp³-hybridized carbons (Fsp3) is 0.333. The normalized spacial score (nSPS) is 17.2. The molecule has 1 unspecified atom stereocenters. The molecule has 2 heterocycles. The molecule has 146 valence electrons. The van der Waals surface area contributed by atoms with Gasteiger partial charge in [0.05, 0.1) is 27.0 Å². The van der Waals surface area contributed by atoms with E-state index in [0.717, 1.165) is 36.5 Å². The average molecular weight is 381 g/mol. The van der Waals surface area contributed by atoms with E-state index in [1.165, 1.54) is 0 Å². The molecule has 2 aliphatic rings. The molecule has 0 saturated carbocycles. The number of anilines is 1. The van der Waals surface area contributed by atoms with Crippen molar-refractivity contribution in [3.05, 3.63) is 41.5 Å². The SMILES string of the molecule is COc1cc(NC(=O)c2ccc3c(c2)C2CCNCC2=N3)cc(OC)c1OC. The zero-order valence-electron chi connectivity index (χ0n) is 16.2. The average Bonchev–Trinajstić information content (AvgIpc) is 3.10. The van der Waals surface area contributed by atoms with E-state index in [1.54, 1.807) is 39.5 Å². The summed E-state index contributed by atoms with van der Waals surface area (Å²) in [5.41, 5.74) is 4.42. The Morgan fingerprint density at radius 1 is 1.11 bits per heavy atom. The molecule has 4 rings (SSSR count). The summed E-state index contributed by atoms with van der Waals surface area (Å²) in [6.45, 7) is 1.78. The second-order valence-corrected chi connectivity index (χ2v) is 6.76. The Balaban J connectivity index is 1.59. The van der Waals surface area contributed by atoms with Crippen molar-refractivity contribution in [2.75, 3.05) is 39.7 Å². The monoisotopic (exact) mass is 381 g/mol. The van der Waals surface area contributed by atoms with Gasteiger partial charge in [-0.05, 0) is 36.7 Å². The number of carbonyl (C=O) groups excluding carboxylic acids is 1. The van der Waals surface area contributed by atoms with Crippen LogP contribution in [0.4, 0.5) is 11.4 Å². The Labute approximate surface area is 163 Å². The predicted molar refractivity (Wildman–Crippen MR) is 108 cm³/mol. The van der Waals surface area contributed by atoms with Gasteiger partial charge in [0.2, 0.25) is 5.75 Å². The third-order valence-corrected chi connectivity index (χ3v) is 5.17. The Kier molecular flexibility index (Phi) is 4.92. The number of ether oxygens (including phenoxy) is 3. The molecule has 0 bridgehead atoms. The van der Waals surface area contributed by atoms with Crippen LogP contribution in [0.5, 0.6) is 17.2 Å². The van der Waals surface area contributed by atoms with E-state index in [4.69, 9.17) is 19.2 Å². The van der Waals surface area contributed by atoms with Crippen LogP contribution in [0.1, 0.15) is 28.3 Å². The molecule has 2 aliphatic heterocycles. The van der Waals surface area contributed by atoms with Gasteiger partial charge in [-0.2, -0.15) is 0 Å². The number of nitrogens with one attached hydrogen (secondary N) is 2. The molecular weight excluding hydrogens is 358 g/mol. The van der Waals surface area contributed by atoms with Gasteiger partial charge in [0.25, 0.3) is 5.91 Å². The highest BCUT2D eigenvalue weighted by atomic mass is 16.5. The van der Waals surface area contributed by atoms with E-state index in [2.05, 4.69) is 10.6 Å². The first-order valence-electron chi connectivity index (χ1n) is 9.18. The van der Waals surface area contributed by atoms with Gasteiger partial charge in [-0.1, -0.05) is 0 Å². The van der Waals surface area contributed by atoms with Crippen molar-refractivity contribution in [3.63, 3.8) is 0 Å². The Morgan fingerprint density at radius 3 is 2.54 bits per heavy atom. The lowest BCUT2D eigenvalue weighted by Crippen LogP contribution is -2.34. The van der Waals surface area contributed by atoms with Crippen LogP contribution in [0.15, 0.2) is 35.3 Å². The summed E-state index contributed by atoms with van der Waals surface area (Å²) in [6, 6.07) is 9.10. The lowest BCUT2D eigenvalue weighted by atomic mass is 9.89. The number of rotatable bonds is 5. The fourth-order valence-electron chi connectivity index (χ4n) is 3.79. The number of nitrogens with zero attached hydrogens (tertiary/aromatic N) is 1. The number of amides is 1. The van der Waals surface area contributed by atoms with E-state index in [9.17, 15) is 4.79 Å². The number of carbonyl (C=O) groups is 1. The Bertz CT molecular complexity index is 930. The summed E-state index contributed by atoms with van der Waals surface area (Å²) in [4.78, 5) is 17.6. The number of benzene rings is 2. The molecule has 2 N–H and O–H groups in total. The minimum Gasteiger partial charge on any atom is -0.493 e. The number of piperidine rings is 1. The van der Waals surface area contributed by atoms with Gasteiger partial charge in [0.1, 0.15) is 0 Å². The molecule has 1 fully saturated rings. The minimum atomic E-state index is -0.195. The maximum Gasteiger partial charge on any atom is 0.255 e. The molecule has 1 saturated heterocycles. The van der Waals surface area contributed by atoms with Crippen LogP contribution in [0.3, 0.4) is 0 Å². The summed E-state index contributed by atoms with van der Waals surface area (Å²) >= 11 is 0. The van der Waals surface area contributed by atoms with Crippen LogP contribution in [0.25, 0.3) is 0 Å². The molecule has 0 aromatic heterocycles. The van der Waals surface area contributed by atoms with Gasteiger partial charge < -0.3 is 24.8 Å². The summed E-state index contributed by atoms with van der Waals surface area (Å²) in [5, 5.41) is 6.27. The Morgan fingerprint density at radius 2 is 1.86 bits per heavy atom. The zero-order valence-corrected chi connectivity index (χ0v) is 16.2. The topological polar surface area (TPSA) is 81.2 Å². The van der Waals surface area contributed by atoms with Gasteiger partial charge >= 0.3 is 0 Å². The third-order valence-electron chi connectivity index (χ3n) is 5.17. The van der Waals surface area contributed by atoms with Gasteiger partial charge in [0.15, 0.2) is 11.5 Å². The highest BCUT2D eigenvalue weighted by Gasteiger charge is 2.29. The first-order chi connectivity index (χ1) is 13.6. The first-order valence-corrected chi connectivity index (χ1v) is 9.18. The van der Waals surface area contributed by atoms with Crippen molar-refractivity contribution in [3.8, 4) is 17.2 Å². The number of fused-ring (bicyclic) bond motifs is 3. The second-order valence-electron chi connectivity index (χ2n) is 6.76. The number of hydrogen-bond donors (Lipinski definition) is 2. The Hall–Kier alpha value is -3.06. The number of methoxy groups -OCH3 is 3. The van der Waals surface area contributed by atoms with Crippen molar-refractivity contribution in [1.82, 2.24) is 5.32 Å². The first kappa shape index (κ1) is 18.3. The highest BCUT2D eigenvalue weighted by Crippen LogP contribution is 2.41. The zero-order chi connectivity index (χ0) is 19.7. The van der Waals surface area contributed by atoms with Crippen molar-refractivity contribution in [2.24, 2.45) is 4.99 Å². The number of hydrogen-bond acceptors (Lipinski definition) is 6. The van der Waals surface area contributed by atoms with Crippen LogP contribution in [-0.2, 0) is 0 Å². The van der Waals surface area contributed by atoms with Crippen LogP contribution in [-0.4, -0.2) is 46.0 Å². The second kappa shape index (κ2) is 7.52. The quantitative estimate of drug-likeness (QED) is 0.832. The van der Waals surface area contributed by atoms with E-state index < -0.39 is 0 Å². The molecule has 7 heteroatoms. The maximum atomic E-state index is 12.9. The van der Waals surface area contributed by atoms with E-state index in [-0.39, 0.29) is 5.91 Å². The molecular formula is C21H23N3O4. The summed E-state index contributed by atoms with van der Waals surface area (Å²) in [7, 11) is 4.63. The predicted octanol–water partition coefficient (Wildman–Crippen LogP) is 3.13. The molecule has 1 atom stereocenters. The molecule has 7 nitrogen and oxygen atoms in total. The molecule has 2 aromatic rings. The van der Waals surface area contributed by atoms with Crippen LogP contribution >= 0.6 is 0 Å². The molecule has 28 heavy (non-hydrogen) atoms.